The van der Waals surface area contributed by atoms with Crippen LogP contribution in [-0.2, 0) is 0 Å². The first-order chi connectivity index (χ1) is 11.7. The number of fused-ring (bicyclic) bond motifs is 1. The van der Waals surface area contributed by atoms with Gasteiger partial charge in [-0.1, -0.05) is 6.92 Å². The van der Waals surface area contributed by atoms with Crippen molar-refractivity contribution in [2.24, 2.45) is 5.92 Å². The molecule has 1 fully saturated rings. The number of thiocarbonyl (C=S) groups is 1. The molecule has 1 unspecified atom stereocenters. The number of nitrogens with zero attached hydrogens (tertiary/aromatic N) is 1. The molecular weight excluding hydrogens is 322 g/mol. The summed E-state index contributed by atoms with van der Waals surface area (Å²) in [5.41, 5.74) is 0.918. The second kappa shape index (κ2) is 8.53. The number of benzene rings is 1. The predicted octanol–water partition coefficient (Wildman–Crippen LogP) is 2.87. The van der Waals surface area contributed by atoms with Gasteiger partial charge in [-0.25, -0.2) is 0 Å². The molecule has 5 nitrogen and oxygen atoms in total. The maximum atomic E-state index is 5.59. The van der Waals surface area contributed by atoms with E-state index in [0.29, 0.717) is 18.3 Å². The molecule has 2 aliphatic heterocycles. The Morgan fingerprint density at radius 1 is 1.29 bits per heavy atom. The smallest absolute Gasteiger partial charge is 0.170 e. The average Bonchev–Trinajstić information content (AvgIpc) is 2.59. The van der Waals surface area contributed by atoms with Crippen molar-refractivity contribution in [3.63, 3.8) is 0 Å². The number of nitrogens with one attached hydrogen (secondary N) is 2. The summed E-state index contributed by atoms with van der Waals surface area (Å²) in [7, 11) is 0. The van der Waals surface area contributed by atoms with Gasteiger partial charge < -0.3 is 25.0 Å². The van der Waals surface area contributed by atoms with Gasteiger partial charge in [0.15, 0.2) is 16.6 Å². The van der Waals surface area contributed by atoms with Gasteiger partial charge in [0.2, 0.25) is 0 Å². The highest BCUT2D eigenvalue weighted by molar-refractivity contribution is 7.80. The summed E-state index contributed by atoms with van der Waals surface area (Å²) in [6.07, 6.45) is 3.81. The van der Waals surface area contributed by atoms with Gasteiger partial charge >= 0.3 is 0 Å². The Hall–Kier alpha value is -1.53. The Bertz CT molecular complexity index is 567. The van der Waals surface area contributed by atoms with Crippen molar-refractivity contribution in [1.29, 1.82) is 0 Å². The minimum absolute atomic E-state index is 0.592. The van der Waals surface area contributed by atoms with E-state index in [4.69, 9.17) is 21.7 Å². The van der Waals surface area contributed by atoms with Crippen LogP contribution in [0.15, 0.2) is 18.2 Å². The Morgan fingerprint density at radius 3 is 2.96 bits per heavy atom. The number of rotatable bonds is 5. The van der Waals surface area contributed by atoms with Crippen molar-refractivity contribution in [2.75, 3.05) is 44.7 Å². The molecule has 3 rings (SSSR count). The number of hydrogen-bond donors (Lipinski definition) is 2. The molecule has 0 radical (unpaired) electrons. The Balaban J connectivity index is 1.36. The highest BCUT2D eigenvalue weighted by Gasteiger charge is 2.15. The fourth-order valence-corrected chi connectivity index (χ4v) is 3.51. The lowest BCUT2D eigenvalue weighted by Gasteiger charge is -2.30. The minimum Gasteiger partial charge on any atom is -0.486 e. The molecule has 1 aromatic carbocycles. The van der Waals surface area contributed by atoms with E-state index in [1.165, 1.54) is 25.9 Å². The van der Waals surface area contributed by atoms with E-state index in [-0.39, 0.29) is 0 Å². The Labute approximate surface area is 149 Å². The quantitative estimate of drug-likeness (QED) is 0.630. The van der Waals surface area contributed by atoms with E-state index in [9.17, 15) is 0 Å². The third-order valence-electron chi connectivity index (χ3n) is 4.48. The Kier molecular flexibility index (Phi) is 6.15. The normalized spacial score (nSPS) is 20.5. The minimum atomic E-state index is 0.592. The molecule has 1 atom stereocenters. The van der Waals surface area contributed by atoms with E-state index in [0.717, 1.165) is 42.6 Å². The van der Waals surface area contributed by atoms with E-state index in [1.807, 2.05) is 18.2 Å². The van der Waals surface area contributed by atoms with Crippen LogP contribution in [-0.4, -0.2) is 49.4 Å². The highest BCUT2D eigenvalue weighted by Crippen LogP contribution is 2.32. The van der Waals surface area contributed by atoms with Crippen LogP contribution in [0, 0.1) is 5.92 Å². The number of ether oxygens (including phenoxy) is 2. The molecule has 0 saturated carbocycles. The second-order valence-electron chi connectivity index (χ2n) is 6.64. The van der Waals surface area contributed by atoms with Crippen molar-refractivity contribution in [1.82, 2.24) is 10.2 Å². The van der Waals surface area contributed by atoms with Crippen LogP contribution < -0.4 is 20.1 Å². The second-order valence-corrected chi connectivity index (χ2v) is 7.05. The van der Waals surface area contributed by atoms with Crippen LogP contribution in [0.1, 0.15) is 26.2 Å². The van der Waals surface area contributed by atoms with Gasteiger partial charge in [-0.15, -0.1) is 0 Å². The SMILES string of the molecule is CC1CCCN(CCCNC(=S)Nc2ccc3c(c2)OCCO3)C1. The molecule has 0 bridgehead atoms. The molecule has 132 valence electrons. The Morgan fingerprint density at radius 2 is 2.12 bits per heavy atom. The molecule has 2 heterocycles. The zero-order valence-corrected chi connectivity index (χ0v) is 15.2. The summed E-state index contributed by atoms with van der Waals surface area (Å²) in [6, 6.07) is 5.80. The van der Waals surface area contributed by atoms with Crippen molar-refractivity contribution in [3.8, 4) is 11.5 Å². The lowest BCUT2D eigenvalue weighted by Crippen LogP contribution is -2.37. The summed E-state index contributed by atoms with van der Waals surface area (Å²) in [5, 5.41) is 7.14. The third kappa shape index (κ3) is 4.98. The number of likely N-dealkylation sites (tertiary alicyclic amines) is 1. The number of piperidine rings is 1. The molecule has 2 aliphatic rings. The lowest BCUT2D eigenvalue weighted by molar-refractivity contribution is 0.171. The number of anilines is 1. The maximum absolute atomic E-state index is 5.59. The van der Waals surface area contributed by atoms with Crippen LogP contribution >= 0.6 is 12.2 Å². The fourth-order valence-electron chi connectivity index (χ4n) is 3.29. The zero-order chi connectivity index (χ0) is 16.8. The molecule has 0 amide bonds. The molecule has 24 heavy (non-hydrogen) atoms. The first-order valence-electron chi connectivity index (χ1n) is 8.87. The maximum Gasteiger partial charge on any atom is 0.170 e. The highest BCUT2D eigenvalue weighted by atomic mass is 32.1. The van der Waals surface area contributed by atoms with Crippen LogP contribution in [0.25, 0.3) is 0 Å². The topological polar surface area (TPSA) is 45.8 Å². The monoisotopic (exact) mass is 349 g/mol. The van der Waals surface area contributed by atoms with Crippen LogP contribution in [0.2, 0.25) is 0 Å². The van der Waals surface area contributed by atoms with Crippen molar-refractivity contribution in [2.45, 2.75) is 26.2 Å². The van der Waals surface area contributed by atoms with Crippen LogP contribution in [0.3, 0.4) is 0 Å². The first kappa shape index (κ1) is 17.3. The summed E-state index contributed by atoms with van der Waals surface area (Å²) in [5.74, 6) is 2.40. The van der Waals surface area contributed by atoms with E-state index in [1.54, 1.807) is 0 Å². The summed E-state index contributed by atoms with van der Waals surface area (Å²) >= 11 is 5.37. The third-order valence-corrected chi connectivity index (χ3v) is 4.72. The van der Waals surface area contributed by atoms with Crippen LogP contribution in [0.4, 0.5) is 5.69 Å². The van der Waals surface area contributed by atoms with Gasteiger partial charge in [0, 0.05) is 24.8 Å². The van der Waals surface area contributed by atoms with E-state index in [2.05, 4.69) is 22.5 Å². The predicted molar refractivity (Wildman–Crippen MR) is 101 cm³/mol. The summed E-state index contributed by atoms with van der Waals surface area (Å²) in [4.78, 5) is 2.56. The molecule has 0 spiro atoms. The standard InChI is InChI=1S/C18H27N3O2S/c1-14-4-2-8-21(13-14)9-3-7-19-18(24)20-15-5-6-16-17(12-15)23-11-10-22-16/h5-6,12,14H,2-4,7-11,13H2,1H3,(H2,19,20,24). The molecule has 1 saturated heterocycles. The fraction of sp³-hybridized carbons (Fsp3) is 0.611. The molecular formula is C18H27N3O2S. The van der Waals surface area contributed by atoms with E-state index >= 15 is 0 Å². The van der Waals surface area contributed by atoms with Gasteiger partial charge in [-0.05, 0) is 62.6 Å². The van der Waals surface area contributed by atoms with Gasteiger partial charge in [0.25, 0.3) is 0 Å². The summed E-state index contributed by atoms with van der Waals surface area (Å²) < 4.78 is 11.1. The lowest BCUT2D eigenvalue weighted by atomic mass is 10.0. The molecule has 0 aliphatic carbocycles. The summed E-state index contributed by atoms with van der Waals surface area (Å²) in [6.45, 7) is 8.05. The van der Waals surface area contributed by atoms with E-state index < -0.39 is 0 Å². The van der Waals surface area contributed by atoms with Crippen LogP contribution in [0.5, 0.6) is 11.5 Å². The zero-order valence-electron chi connectivity index (χ0n) is 14.3. The average molecular weight is 350 g/mol. The first-order valence-corrected chi connectivity index (χ1v) is 9.28. The largest absolute Gasteiger partial charge is 0.486 e. The van der Waals surface area contributed by atoms with Gasteiger partial charge in [0.1, 0.15) is 13.2 Å². The van der Waals surface area contributed by atoms with Crippen molar-refractivity contribution in [3.05, 3.63) is 18.2 Å². The molecule has 2 N–H and O–H groups in total. The van der Waals surface area contributed by atoms with Crippen molar-refractivity contribution < 1.29 is 9.47 Å². The number of hydrogen-bond acceptors (Lipinski definition) is 4. The van der Waals surface area contributed by atoms with Crippen molar-refractivity contribution >= 4 is 23.0 Å². The molecule has 0 aromatic heterocycles. The van der Waals surface area contributed by atoms with Gasteiger partial charge in [-0.2, -0.15) is 0 Å². The van der Waals surface area contributed by atoms with Gasteiger partial charge in [-0.3, -0.25) is 0 Å². The molecule has 1 aromatic rings. The van der Waals surface area contributed by atoms with Gasteiger partial charge in [0.05, 0.1) is 0 Å². The molecule has 6 heteroatoms.